The molecule has 0 spiro atoms. The minimum Gasteiger partial charge on any atom is -0.497 e. The van der Waals surface area contributed by atoms with E-state index in [1.54, 1.807) is 7.11 Å². The van der Waals surface area contributed by atoms with E-state index in [2.05, 4.69) is 36.9 Å². The summed E-state index contributed by atoms with van der Waals surface area (Å²) in [4.78, 5) is 27.0. The standard InChI is InChI=1S/C26H32N4O2/c1-17-8-13-23-18(2)27-26(28-24(23)15-17)30-14-6-7-21(16-30)25(31)29(4)19(3)20-9-11-22(32-5)12-10-20/h8-13,15,19,21H,6-7,14,16H2,1-5H3/t19-,21+/m1/s1. The second-order valence-electron chi connectivity index (χ2n) is 8.81. The van der Waals surface area contributed by atoms with E-state index in [0.29, 0.717) is 6.54 Å². The van der Waals surface area contributed by atoms with Gasteiger partial charge in [-0.3, -0.25) is 4.79 Å². The van der Waals surface area contributed by atoms with E-state index in [1.807, 2.05) is 43.1 Å². The van der Waals surface area contributed by atoms with E-state index >= 15 is 0 Å². The van der Waals surface area contributed by atoms with Crippen molar-refractivity contribution in [3.8, 4) is 5.75 Å². The molecule has 168 valence electrons. The normalized spacial score (nSPS) is 17.3. The maximum Gasteiger partial charge on any atom is 0.227 e. The highest BCUT2D eigenvalue weighted by molar-refractivity contribution is 5.83. The Morgan fingerprint density at radius 1 is 1.16 bits per heavy atom. The van der Waals surface area contributed by atoms with Gasteiger partial charge in [-0.05, 0) is 62.9 Å². The van der Waals surface area contributed by atoms with Crippen molar-refractivity contribution >= 4 is 22.8 Å². The number of hydrogen-bond donors (Lipinski definition) is 0. The van der Waals surface area contributed by atoms with Crippen molar-refractivity contribution in [2.75, 3.05) is 32.1 Å². The molecule has 4 rings (SSSR count). The van der Waals surface area contributed by atoms with Crippen LogP contribution >= 0.6 is 0 Å². The molecular formula is C26H32N4O2. The van der Waals surface area contributed by atoms with Crippen LogP contribution in [0.15, 0.2) is 42.5 Å². The van der Waals surface area contributed by atoms with Crippen LogP contribution in [0.3, 0.4) is 0 Å². The Morgan fingerprint density at radius 3 is 2.62 bits per heavy atom. The van der Waals surface area contributed by atoms with Crippen molar-refractivity contribution in [2.24, 2.45) is 5.92 Å². The fraction of sp³-hybridized carbons (Fsp3) is 0.423. The zero-order valence-corrected chi connectivity index (χ0v) is 19.6. The summed E-state index contributed by atoms with van der Waals surface area (Å²) in [6.45, 7) is 7.69. The molecule has 1 fully saturated rings. The summed E-state index contributed by atoms with van der Waals surface area (Å²) >= 11 is 0. The number of methoxy groups -OCH3 is 1. The third kappa shape index (κ3) is 4.40. The monoisotopic (exact) mass is 432 g/mol. The van der Waals surface area contributed by atoms with Gasteiger partial charge in [-0.15, -0.1) is 0 Å². The number of ether oxygens (including phenoxy) is 1. The van der Waals surface area contributed by atoms with Crippen molar-refractivity contribution in [1.82, 2.24) is 14.9 Å². The Morgan fingerprint density at radius 2 is 1.91 bits per heavy atom. The number of aryl methyl sites for hydroxylation is 2. The van der Waals surface area contributed by atoms with Gasteiger partial charge in [0, 0.05) is 25.5 Å². The predicted octanol–water partition coefficient (Wildman–Crippen LogP) is 4.69. The first-order valence-corrected chi connectivity index (χ1v) is 11.3. The number of carbonyl (C=O) groups excluding carboxylic acids is 1. The van der Waals surface area contributed by atoms with Crippen molar-refractivity contribution < 1.29 is 9.53 Å². The number of piperidine rings is 1. The fourth-order valence-corrected chi connectivity index (χ4v) is 4.47. The van der Waals surface area contributed by atoms with Crippen molar-refractivity contribution in [3.05, 3.63) is 59.3 Å². The number of amides is 1. The Balaban J connectivity index is 1.50. The Bertz CT molecular complexity index is 1110. The molecule has 0 N–H and O–H groups in total. The molecule has 0 saturated carbocycles. The van der Waals surface area contributed by atoms with Crippen LogP contribution in [-0.4, -0.2) is 48.0 Å². The van der Waals surface area contributed by atoms with Gasteiger partial charge in [0.15, 0.2) is 0 Å². The van der Waals surface area contributed by atoms with Crippen LogP contribution in [0.4, 0.5) is 5.95 Å². The van der Waals surface area contributed by atoms with E-state index < -0.39 is 0 Å². The van der Waals surface area contributed by atoms with E-state index in [4.69, 9.17) is 14.7 Å². The van der Waals surface area contributed by atoms with Gasteiger partial charge >= 0.3 is 0 Å². The maximum atomic E-state index is 13.4. The zero-order valence-electron chi connectivity index (χ0n) is 19.6. The van der Waals surface area contributed by atoms with Crippen LogP contribution in [0.1, 0.15) is 42.6 Å². The molecule has 0 bridgehead atoms. The lowest BCUT2D eigenvalue weighted by molar-refractivity contribution is -0.136. The molecule has 6 heteroatoms. The number of carbonyl (C=O) groups is 1. The van der Waals surface area contributed by atoms with Gasteiger partial charge in [0.05, 0.1) is 30.3 Å². The quantitative estimate of drug-likeness (QED) is 0.585. The van der Waals surface area contributed by atoms with Gasteiger partial charge in [-0.25, -0.2) is 9.97 Å². The second-order valence-corrected chi connectivity index (χ2v) is 8.81. The number of rotatable bonds is 5. The molecule has 6 nitrogen and oxygen atoms in total. The summed E-state index contributed by atoms with van der Waals surface area (Å²) in [5, 5.41) is 1.08. The van der Waals surface area contributed by atoms with Gasteiger partial charge in [0.1, 0.15) is 5.75 Å². The van der Waals surface area contributed by atoms with Crippen LogP contribution in [0.2, 0.25) is 0 Å². The topological polar surface area (TPSA) is 58.6 Å². The van der Waals surface area contributed by atoms with Crippen LogP contribution in [0.5, 0.6) is 5.75 Å². The molecule has 3 aromatic rings. The lowest BCUT2D eigenvalue weighted by Gasteiger charge is -2.36. The number of fused-ring (bicyclic) bond motifs is 1. The molecule has 1 aromatic heterocycles. The molecule has 2 heterocycles. The van der Waals surface area contributed by atoms with E-state index in [9.17, 15) is 4.79 Å². The third-order valence-electron chi connectivity index (χ3n) is 6.61. The molecule has 0 aliphatic carbocycles. The molecule has 1 aliphatic heterocycles. The van der Waals surface area contributed by atoms with Crippen LogP contribution in [-0.2, 0) is 4.79 Å². The predicted molar refractivity (Wildman–Crippen MR) is 128 cm³/mol. The molecule has 1 saturated heterocycles. The van der Waals surface area contributed by atoms with Crippen molar-refractivity contribution in [2.45, 2.75) is 39.7 Å². The second kappa shape index (κ2) is 9.15. The highest BCUT2D eigenvalue weighted by Gasteiger charge is 2.31. The summed E-state index contributed by atoms with van der Waals surface area (Å²) in [5.41, 5.74) is 4.22. The molecular weight excluding hydrogens is 400 g/mol. The SMILES string of the molecule is COc1ccc([C@@H](C)N(C)C(=O)[C@H]2CCCN(c3nc(C)c4ccc(C)cc4n3)C2)cc1. The Labute approximate surface area is 190 Å². The lowest BCUT2D eigenvalue weighted by Crippen LogP contribution is -2.45. The van der Waals surface area contributed by atoms with Gasteiger partial charge in [-0.1, -0.05) is 24.3 Å². The molecule has 1 amide bonds. The lowest BCUT2D eigenvalue weighted by atomic mass is 9.95. The van der Waals surface area contributed by atoms with Crippen molar-refractivity contribution in [3.63, 3.8) is 0 Å². The highest BCUT2D eigenvalue weighted by atomic mass is 16.5. The maximum absolute atomic E-state index is 13.4. The summed E-state index contributed by atoms with van der Waals surface area (Å²) in [6.07, 6.45) is 1.84. The average molecular weight is 433 g/mol. The van der Waals surface area contributed by atoms with Crippen LogP contribution < -0.4 is 9.64 Å². The van der Waals surface area contributed by atoms with Gasteiger partial charge in [0.25, 0.3) is 0 Å². The first kappa shape index (κ1) is 22.1. The average Bonchev–Trinajstić information content (AvgIpc) is 2.82. The van der Waals surface area contributed by atoms with Gasteiger partial charge in [-0.2, -0.15) is 0 Å². The first-order valence-electron chi connectivity index (χ1n) is 11.3. The molecule has 32 heavy (non-hydrogen) atoms. The Kier molecular flexibility index (Phi) is 6.31. The minimum absolute atomic E-state index is 0.00841. The number of anilines is 1. The summed E-state index contributed by atoms with van der Waals surface area (Å²) in [5.74, 6) is 1.65. The van der Waals surface area contributed by atoms with Crippen molar-refractivity contribution in [1.29, 1.82) is 0 Å². The van der Waals surface area contributed by atoms with E-state index in [1.165, 1.54) is 5.56 Å². The largest absolute Gasteiger partial charge is 0.497 e. The van der Waals surface area contributed by atoms with Gasteiger partial charge in [0.2, 0.25) is 11.9 Å². The number of aromatic nitrogens is 2. The zero-order chi connectivity index (χ0) is 22.8. The van der Waals surface area contributed by atoms with E-state index in [0.717, 1.165) is 53.2 Å². The van der Waals surface area contributed by atoms with Crippen LogP contribution in [0, 0.1) is 19.8 Å². The minimum atomic E-state index is -0.0634. The molecule has 2 aromatic carbocycles. The molecule has 0 radical (unpaired) electrons. The molecule has 2 atom stereocenters. The number of nitrogens with zero attached hydrogens (tertiary/aromatic N) is 4. The summed E-state index contributed by atoms with van der Waals surface area (Å²) in [6, 6.07) is 14.2. The molecule has 0 unspecified atom stereocenters. The van der Waals surface area contributed by atoms with E-state index in [-0.39, 0.29) is 17.9 Å². The summed E-state index contributed by atoms with van der Waals surface area (Å²) < 4.78 is 5.25. The summed E-state index contributed by atoms with van der Waals surface area (Å²) in [7, 11) is 3.56. The first-order chi connectivity index (χ1) is 15.4. The highest BCUT2D eigenvalue weighted by Crippen LogP contribution is 2.28. The Hall–Kier alpha value is -3.15. The number of hydrogen-bond acceptors (Lipinski definition) is 5. The van der Waals surface area contributed by atoms with Crippen LogP contribution in [0.25, 0.3) is 10.9 Å². The third-order valence-corrected chi connectivity index (χ3v) is 6.61. The smallest absolute Gasteiger partial charge is 0.227 e. The molecule has 1 aliphatic rings. The fourth-order valence-electron chi connectivity index (χ4n) is 4.47. The van der Waals surface area contributed by atoms with Gasteiger partial charge < -0.3 is 14.5 Å². The number of benzene rings is 2.